The Labute approximate surface area is 93.2 Å². The van der Waals surface area contributed by atoms with E-state index in [0.717, 1.165) is 23.8 Å². The number of nitrogens with zero attached hydrogens (tertiary/aromatic N) is 2. The van der Waals surface area contributed by atoms with Crippen LogP contribution in [0.5, 0.6) is 0 Å². The van der Waals surface area contributed by atoms with Crippen LogP contribution in [0.4, 0.5) is 0 Å². The number of alkyl halides is 1. The van der Waals surface area contributed by atoms with Gasteiger partial charge in [-0.05, 0) is 7.05 Å². The molecular formula is C9H14ClN3S. The van der Waals surface area contributed by atoms with Gasteiger partial charge in [-0.15, -0.1) is 11.6 Å². The van der Waals surface area contributed by atoms with Crippen LogP contribution in [-0.4, -0.2) is 40.0 Å². The molecule has 1 fully saturated rings. The van der Waals surface area contributed by atoms with Crippen LogP contribution in [0, 0.1) is 0 Å². The predicted molar refractivity (Wildman–Crippen MR) is 60.8 cm³/mol. The van der Waals surface area contributed by atoms with Gasteiger partial charge in [0.25, 0.3) is 0 Å². The normalized spacial score (nSPS) is 24.0. The molecule has 2 rings (SSSR count). The summed E-state index contributed by atoms with van der Waals surface area (Å²) in [7, 11) is 2.15. The largest absolute Gasteiger partial charge is 0.344 e. The second-order valence-corrected chi connectivity index (χ2v) is 4.92. The van der Waals surface area contributed by atoms with Crippen LogP contribution < -0.4 is 0 Å². The topological polar surface area (TPSA) is 31.9 Å². The standard InChI is InChI=1S/C9H14ClN3S/c1-13-2-3-14-6-8(13)9-11-5-7(4-10)12-9/h5,8H,2-4,6H2,1H3,(H,11,12). The lowest BCUT2D eigenvalue weighted by Gasteiger charge is -2.30. The number of halogens is 1. The highest BCUT2D eigenvalue weighted by Gasteiger charge is 2.23. The summed E-state index contributed by atoms with van der Waals surface area (Å²) in [5, 5.41) is 0. The average Bonchev–Trinajstić information content (AvgIpc) is 2.67. The number of thioether (sulfide) groups is 1. The lowest BCUT2D eigenvalue weighted by molar-refractivity contribution is 0.265. The molecule has 1 aliphatic heterocycles. The van der Waals surface area contributed by atoms with Gasteiger partial charge in [0.1, 0.15) is 5.82 Å². The zero-order valence-electron chi connectivity index (χ0n) is 8.16. The molecule has 1 N–H and O–H groups in total. The molecule has 1 atom stereocenters. The Morgan fingerprint density at radius 3 is 3.29 bits per heavy atom. The van der Waals surface area contributed by atoms with E-state index in [1.807, 2.05) is 18.0 Å². The Morgan fingerprint density at radius 2 is 2.64 bits per heavy atom. The zero-order chi connectivity index (χ0) is 9.97. The van der Waals surface area contributed by atoms with Crippen molar-refractivity contribution in [3.05, 3.63) is 17.7 Å². The Morgan fingerprint density at radius 1 is 1.79 bits per heavy atom. The van der Waals surface area contributed by atoms with E-state index in [2.05, 4.69) is 21.9 Å². The van der Waals surface area contributed by atoms with Crippen LogP contribution in [0.15, 0.2) is 6.20 Å². The van der Waals surface area contributed by atoms with Gasteiger partial charge < -0.3 is 4.98 Å². The summed E-state index contributed by atoms with van der Waals surface area (Å²) < 4.78 is 0. The summed E-state index contributed by atoms with van der Waals surface area (Å²) in [4.78, 5) is 9.97. The molecular weight excluding hydrogens is 218 g/mol. The third kappa shape index (κ3) is 2.07. The van der Waals surface area contributed by atoms with Gasteiger partial charge in [-0.1, -0.05) is 0 Å². The molecule has 0 spiro atoms. The Balaban J connectivity index is 2.12. The molecule has 2 heterocycles. The molecule has 1 unspecified atom stereocenters. The van der Waals surface area contributed by atoms with E-state index in [9.17, 15) is 0 Å². The fourth-order valence-electron chi connectivity index (χ4n) is 1.59. The molecule has 1 aromatic rings. The highest BCUT2D eigenvalue weighted by molar-refractivity contribution is 7.99. The summed E-state index contributed by atoms with van der Waals surface area (Å²) in [6.45, 7) is 1.13. The number of nitrogens with one attached hydrogen (secondary N) is 1. The maximum Gasteiger partial charge on any atom is 0.124 e. The SMILES string of the molecule is CN1CCSCC1c1ncc(CCl)[nH]1. The summed E-state index contributed by atoms with van der Waals surface area (Å²) in [6.07, 6.45) is 1.83. The number of aromatic amines is 1. The Kier molecular flexibility index (Phi) is 3.36. The molecule has 0 saturated carbocycles. The highest BCUT2D eigenvalue weighted by atomic mass is 35.5. The lowest BCUT2D eigenvalue weighted by Crippen LogP contribution is -2.33. The minimum Gasteiger partial charge on any atom is -0.344 e. The van der Waals surface area contributed by atoms with Crippen molar-refractivity contribution in [2.45, 2.75) is 11.9 Å². The van der Waals surface area contributed by atoms with Crippen LogP contribution in [-0.2, 0) is 5.88 Å². The van der Waals surface area contributed by atoms with Crippen LogP contribution >= 0.6 is 23.4 Å². The summed E-state index contributed by atoms with van der Waals surface area (Å²) in [5.41, 5.74) is 1.01. The molecule has 78 valence electrons. The Hall–Kier alpha value is -0.190. The first-order chi connectivity index (χ1) is 6.81. The lowest BCUT2D eigenvalue weighted by atomic mass is 10.3. The molecule has 1 aromatic heterocycles. The van der Waals surface area contributed by atoms with Gasteiger partial charge >= 0.3 is 0 Å². The van der Waals surface area contributed by atoms with Crippen molar-refractivity contribution >= 4 is 23.4 Å². The smallest absolute Gasteiger partial charge is 0.124 e. The maximum absolute atomic E-state index is 5.73. The number of hydrogen-bond donors (Lipinski definition) is 1. The van der Waals surface area contributed by atoms with E-state index in [0.29, 0.717) is 11.9 Å². The predicted octanol–water partition coefficient (Wildman–Crippen LogP) is 1.87. The highest BCUT2D eigenvalue weighted by Crippen LogP contribution is 2.26. The van der Waals surface area contributed by atoms with Gasteiger partial charge in [-0.25, -0.2) is 4.98 Å². The first-order valence-corrected chi connectivity index (χ1v) is 6.38. The van der Waals surface area contributed by atoms with Crippen molar-refractivity contribution in [1.29, 1.82) is 0 Å². The van der Waals surface area contributed by atoms with E-state index in [1.165, 1.54) is 5.75 Å². The molecule has 0 amide bonds. The monoisotopic (exact) mass is 231 g/mol. The first-order valence-electron chi connectivity index (χ1n) is 4.69. The second kappa shape index (κ2) is 4.55. The number of aromatic nitrogens is 2. The van der Waals surface area contributed by atoms with Gasteiger partial charge in [0.15, 0.2) is 0 Å². The fraction of sp³-hybridized carbons (Fsp3) is 0.667. The van der Waals surface area contributed by atoms with Crippen molar-refractivity contribution in [1.82, 2.24) is 14.9 Å². The first kappa shape index (κ1) is 10.3. The molecule has 0 bridgehead atoms. The third-order valence-corrected chi connectivity index (χ3v) is 3.81. The van der Waals surface area contributed by atoms with Crippen molar-refractivity contribution in [3.8, 4) is 0 Å². The van der Waals surface area contributed by atoms with E-state index < -0.39 is 0 Å². The minimum absolute atomic E-state index is 0.422. The number of rotatable bonds is 2. The minimum atomic E-state index is 0.422. The van der Waals surface area contributed by atoms with Gasteiger partial charge in [0, 0.05) is 29.9 Å². The molecule has 14 heavy (non-hydrogen) atoms. The van der Waals surface area contributed by atoms with Gasteiger partial charge in [0.05, 0.1) is 11.9 Å². The van der Waals surface area contributed by atoms with E-state index in [1.54, 1.807) is 0 Å². The quantitative estimate of drug-likeness (QED) is 0.789. The maximum atomic E-state index is 5.73. The van der Waals surface area contributed by atoms with Gasteiger partial charge in [0.2, 0.25) is 0 Å². The summed E-state index contributed by atoms with van der Waals surface area (Å²) in [6, 6.07) is 0.422. The molecule has 1 aliphatic rings. The van der Waals surface area contributed by atoms with Crippen molar-refractivity contribution < 1.29 is 0 Å². The van der Waals surface area contributed by atoms with Crippen molar-refractivity contribution in [3.63, 3.8) is 0 Å². The average molecular weight is 232 g/mol. The van der Waals surface area contributed by atoms with Crippen LogP contribution in [0.1, 0.15) is 17.6 Å². The van der Waals surface area contributed by atoms with Gasteiger partial charge in [-0.3, -0.25) is 4.90 Å². The molecule has 0 aliphatic carbocycles. The van der Waals surface area contributed by atoms with Crippen LogP contribution in [0.25, 0.3) is 0 Å². The summed E-state index contributed by atoms with van der Waals surface area (Å²) in [5.74, 6) is 3.90. The van der Waals surface area contributed by atoms with Crippen molar-refractivity contribution in [2.75, 3.05) is 25.1 Å². The fourth-order valence-corrected chi connectivity index (χ4v) is 2.94. The van der Waals surface area contributed by atoms with Crippen LogP contribution in [0.3, 0.4) is 0 Å². The van der Waals surface area contributed by atoms with E-state index in [-0.39, 0.29) is 0 Å². The van der Waals surface area contributed by atoms with E-state index >= 15 is 0 Å². The summed E-state index contributed by atoms with van der Waals surface area (Å²) >= 11 is 7.71. The number of hydrogen-bond acceptors (Lipinski definition) is 3. The van der Waals surface area contributed by atoms with Gasteiger partial charge in [-0.2, -0.15) is 11.8 Å². The third-order valence-electron chi connectivity index (χ3n) is 2.50. The van der Waals surface area contributed by atoms with Crippen molar-refractivity contribution in [2.24, 2.45) is 0 Å². The van der Waals surface area contributed by atoms with E-state index in [4.69, 9.17) is 11.6 Å². The zero-order valence-corrected chi connectivity index (χ0v) is 9.74. The molecule has 1 saturated heterocycles. The number of imidazole rings is 1. The molecule has 0 aromatic carbocycles. The molecule has 5 heteroatoms. The molecule has 3 nitrogen and oxygen atoms in total. The number of H-pyrrole nitrogens is 1. The molecule has 0 radical (unpaired) electrons. The Bertz CT molecular complexity index is 302. The van der Waals surface area contributed by atoms with Crippen LogP contribution in [0.2, 0.25) is 0 Å². The second-order valence-electron chi connectivity index (χ2n) is 3.50.